The quantitative estimate of drug-likeness (QED) is 0.602. The summed E-state index contributed by atoms with van der Waals surface area (Å²) < 4.78 is 0. The summed E-state index contributed by atoms with van der Waals surface area (Å²) in [5.41, 5.74) is 1.26. The Hall–Kier alpha value is -1.63. The first-order chi connectivity index (χ1) is 9.81. The number of nitrogens with two attached hydrogens (primary N) is 1. The van der Waals surface area contributed by atoms with Gasteiger partial charge in [-0.3, -0.25) is 4.79 Å². The van der Waals surface area contributed by atoms with E-state index in [9.17, 15) is 14.7 Å². The average Bonchev–Trinajstić information content (AvgIpc) is 2.39. The molecule has 0 heterocycles. The first-order valence-corrected chi connectivity index (χ1v) is 6.96. The van der Waals surface area contributed by atoms with Gasteiger partial charge < -0.3 is 25.6 Å². The molecule has 0 fully saturated rings. The standard InChI is InChI=1S/C14H19ClN2O4/c1-8(18)7-16-12(14(20)21)6-13(19)17-11-5-3-4-10(15)9(11)2/h3-5,8,12,16,18H,6-7H2,1-2H3,(H,17,19)(H,20,21)/t8-,12+/m0/s1. The third-order valence-electron chi connectivity index (χ3n) is 3.01. The minimum absolute atomic E-state index is 0.183. The molecule has 7 heteroatoms. The molecule has 1 aromatic rings. The first kappa shape index (κ1) is 17.4. The van der Waals surface area contributed by atoms with Crippen molar-refractivity contribution in [2.24, 2.45) is 0 Å². The number of hydrogen-bond acceptors (Lipinski definition) is 4. The van der Waals surface area contributed by atoms with Crippen LogP contribution in [0.4, 0.5) is 5.69 Å². The highest BCUT2D eigenvalue weighted by Crippen LogP contribution is 2.22. The number of benzene rings is 1. The number of aliphatic hydroxyl groups is 1. The van der Waals surface area contributed by atoms with Crippen LogP contribution in [0.5, 0.6) is 0 Å². The molecule has 21 heavy (non-hydrogen) atoms. The molecule has 1 amide bonds. The summed E-state index contributed by atoms with van der Waals surface area (Å²) in [6.45, 7) is 3.48. The van der Waals surface area contributed by atoms with Gasteiger partial charge in [0.2, 0.25) is 5.91 Å². The average molecular weight is 315 g/mol. The molecule has 4 N–H and O–H groups in total. The molecule has 116 valence electrons. The van der Waals surface area contributed by atoms with E-state index in [1.807, 2.05) is 0 Å². The molecular weight excluding hydrogens is 296 g/mol. The van der Waals surface area contributed by atoms with Crippen LogP contribution in [0.15, 0.2) is 18.2 Å². The summed E-state index contributed by atoms with van der Waals surface area (Å²) in [6.07, 6.45) is -0.911. The summed E-state index contributed by atoms with van der Waals surface area (Å²) in [5, 5.41) is 24.7. The van der Waals surface area contributed by atoms with E-state index >= 15 is 0 Å². The van der Waals surface area contributed by atoms with E-state index in [-0.39, 0.29) is 13.0 Å². The largest absolute Gasteiger partial charge is 0.544 e. The molecule has 6 nitrogen and oxygen atoms in total. The molecule has 1 aromatic carbocycles. The molecule has 2 atom stereocenters. The van der Waals surface area contributed by atoms with E-state index < -0.39 is 24.0 Å². The molecule has 0 unspecified atom stereocenters. The molecule has 0 aromatic heterocycles. The van der Waals surface area contributed by atoms with Crippen molar-refractivity contribution in [2.75, 3.05) is 11.9 Å². The number of nitrogens with one attached hydrogen (secondary N) is 1. The lowest BCUT2D eigenvalue weighted by molar-refractivity contribution is -0.687. The van der Waals surface area contributed by atoms with Crippen molar-refractivity contribution in [3.63, 3.8) is 0 Å². The highest BCUT2D eigenvalue weighted by Gasteiger charge is 2.19. The summed E-state index contributed by atoms with van der Waals surface area (Å²) in [4.78, 5) is 22.9. The maximum Gasteiger partial charge on any atom is 0.230 e. The Bertz CT molecular complexity index is 520. The van der Waals surface area contributed by atoms with Crippen molar-refractivity contribution in [1.82, 2.24) is 0 Å². The van der Waals surface area contributed by atoms with Crippen molar-refractivity contribution in [2.45, 2.75) is 32.4 Å². The lowest BCUT2D eigenvalue weighted by atomic mass is 10.1. The normalized spacial score (nSPS) is 13.5. The van der Waals surface area contributed by atoms with Gasteiger partial charge >= 0.3 is 0 Å². The fourth-order valence-electron chi connectivity index (χ4n) is 1.77. The van der Waals surface area contributed by atoms with Crippen LogP contribution in [0, 0.1) is 6.92 Å². The van der Waals surface area contributed by atoms with Gasteiger partial charge in [0.25, 0.3) is 0 Å². The number of quaternary nitrogens is 1. The zero-order chi connectivity index (χ0) is 16.0. The number of carbonyl (C=O) groups excluding carboxylic acids is 2. The van der Waals surface area contributed by atoms with Crippen molar-refractivity contribution in [1.29, 1.82) is 0 Å². The SMILES string of the molecule is Cc1c(Cl)cccc1NC(=O)C[C@@H]([NH2+]C[C@H](C)O)C(=O)[O-]. The lowest BCUT2D eigenvalue weighted by Crippen LogP contribution is -2.94. The number of aliphatic carboxylic acids is 1. The van der Waals surface area contributed by atoms with Gasteiger partial charge in [0.05, 0.1) is 18.5 Å². The third kappa shape index (κ3) is 5.71. The number of carboxylic acid groups (broad SMARTS) is 1. The van der Waals surface area contributed by atoms with Crippen LogP contribution in [-0.2, 0) is 9.59 Å². The number of carbonyl (C=O) groups is 2. The molecule has 0 aliphatic carbocycles. The van der Waals surface area contributed by atoms with Crippen LogP contribution in [0.1, 0.15) is 18.9 Å². The second kappa shape index (κ2) is 7.97. The third-order valence-corrected chi connectivity index (χ3v) is 3.42. The summed E-state index contributed by atoms with van der Waals surface area (Å²) in [7, 11) is 0. The molecular formula is C14H19ClN2O4. The van der Waals surface area contributed by atoms with Crippen LogP contribution in [0.3, 0.4) is 0 Å². The molecule has 0 aliphatic heterocycles. The van der Waals surface area contributed by atoms with E-state index in [0.717, 1.165) is 0 Å². The number of rotatable bonds is 7. The van der Waals surface area contributed by atoms with E-state index in [4.69, 9.17) is 16.7 Å². The van der Waals surface area contributed by atoms with Crippen LogP contribution >= 0.6 is 11.6 Å². The first-order valence-electron chi connectivity index (χ1n) is 6.58. The van der Waals surface area contributed by atoms with Gasteiger partial charge in [0, 0.05) is 10.7 Å². The zero-order valence-corrected chi connectivity index (χ0v) is 12.7. The van der Waals surface area contributed by atoms with Crippen LogP contribution < -0.4 is 15.7 Å². The number of carboxylic acids is 1. The summed E-state index contributed by atoms with van der Waals surface area (Å²) in [6, 6.07) is 4.04. The molecule has 0 saturated carbocycles. The van der Waals surface area contributed by atoms with Gasteiger partial charge in [-0.05, 0) is 31.5 Å². The zero-order valence-electron chi connectivity index (χ0n) is 11.9. The topological polar surface area (TPSA) is 106 Å². The van der Waals surface area contributed by atoms with Gasteiger partial charge in [-0.25, -0.2) is 0 Å². The minimum atomic E-state index is -1.34. The molecule has 0 saturated heterocycles. The van der Waals surface area contributed by atoms with E-state index in [2.05, 4.69) is 5.32 Å². The maximum atomic E-state index is 11.9. The van der Waals surface area contributed by atoms with Crippen LogP contribution in [0.2, 0.25) is 5.02 Å². The van der Waals surface area contributed by atoms with Crippen molar-refractivity contribution >= 4 is 29.2 Å². The smallest absolute Gasteiger partial charge is 0.230 e. The fraction of sp³-hybridized carbons (Fsp3) is 0.429. The molecule has 0 aliphatic rings. The number of aliphatic hydroxyl groups excluding tert-OH is 1. The minimum Gasteiger partial charge on any atom is -0.544 e. The van der Waals surface area contributed by atoms with Gasteiger partial charge in [-0.2, -0.15) is 0 Å². The molecule has 0 radical (unpaired) electrons. The summed E-state index contributed by atoms with van der Waals surface area (Å²) >= 11 is 5.95. The Morgan fingerprint density at radius 1 is 1.48 bits per heavy atom. The monoisotopic (exact) mass is 314 g/mol. The Morgan fingerprint density at radius 2 is 2.14 bits per heavy atom. The van der Waals surface area contributed by atoms with Crippen LogP contribution in [-0.4, -0.2) is 35.7 Å². The Labute approximate surface area is 128 Å². The highest BCUT2D eigenvalue weighted by molar-refractivity contribution is 6.31. The van der Waals surface area contributed by atoms with Crippen LogP contribution in [0.25, 0.3) is 0 Å². The fourth-order valence-corrected chi connectivity index (χ4v) is 1.94. The molecule has 0 bridgehead atoms. The number of anilines is 1. The van der Waals surface area contributed by atoms with Gasteiger partial charge in [0.15, 0.2) is 0 Å². The number of hydrogen-bond donors (Lipinski definition) is 3. The Morgan fingerprint density at radius 3 is 2.71 bits per heavy atom. The van der Waals surface area contributed by atoms with E-state index in [1.165, 1.54) is 12.2 Å². The van der Waals surface area contributed by atoms with E-state index in [1.54, 1.807) is 25.1 Å². The summed E-state index contributed by atoms with van der Waals surface area (Å²) in [5.74, 6) is -1.79. The second-order valence-electron chi connectivity index (χ2n) is 4.91. The van der Waals surface area contributed by atoms with Crippen molar-refractivity contribution in [3.05, 3.63) is 28.8 Å². The van der Waals surface area contributed by atoms with E-state index in [0.29, 0.717) is 16.3 Å². The van der Waals surface area contributed by atoms with Crippen molar-refractivity contribution < 1.29 is 25.1 Å². The Balaban J connectivity index is 2.65. The van der Waals surface area contributed by atoms with Crippen molar-refractivity contribution in [3.8, 4) is 0 Å². The highest BCUT2D eigenvalue weighted by atomic mass is 35.5. The maximum absolute atomic E-state index is 11.9. The number of halogens is 1. The predicted molar refractivity (Wildman–Crippen MR) is 76.7 cm³/mol. The predicted octanol–water partition coefficient (Wildman–Crippen LogP) is -0.960. The van der Waals surface area contributed by atoms with Gasteiger partial charge in [-0.15, -0.1) is 0 Å². The lowest BCUT2D eigenvalue weighted by Gasteiger charge is -2.17. The van der Waals surface area contributed by atoms with Gasteiger partial charge in [-0.1, -0.05) is 17.7 Å². The van der Waals surface area contributed by atoms with Gasteiger partial charge in [0.1, 0.15) is 12.6 Å². The Kier molecular flexibility index (Phi) is 6.61. The molecule has 1 rings (SSSR count). The second-order valence-corrected chi connectivity index (χ2v) is 5.32. The number of amides is 1. The molecule has 0 spiro atoms.